The van der Waals surface area contributed by atoms with E-state index in [9.17, 15) is 8.78 Å². The zero-order chi connectivity index (χ0) is 10.9. The second-order valence-electron chi connectivity index (χ2n) is 4.02. The van der Waals surface area contributed by atoms with Crippen LogP contribution < -0.4 is 10.5 Å². The molecule has 0 unspecified atom stereocenters. The van der Waals surface area contributed by atoms with E-state index in [1.165, 1.54) is 0 Å². The van der Waals surface area contributed by atoms with Crippen molar-refractivity contribution in [3.8, 4) is 5.75 Å². The van der Waals surface area contributed by atoms with Gasteiger partial charge >= 0.3 is 0 Å². The maximum Gasteiger partial charge on any atom is 0.168 e. The van der Waals surface area contributed by atoms with Crippen molar-refractivity contribution in [1.29, 1.82) is 0 Å². The van der Waals surface area contributed by atoms with Crippen molar-refractivity contribution in [2.45, 2.75) is 26.4 Å². The van der Waals surface area contributed by atoms with Gasteiger partial charge in [-0.05, 0) is 20.8 Å². The first kappa shape index (κ1) is 10.8. The fourth-order valence-electron chi connectivity index (χ4n) is 0.953. The Labute approximate surface area is 81.7 Å². The average molecular weight is 201 g/mol. The smallest absolute Gasteiger partial charge is 0.168 e. The minimum absolute atomic E-state index is 0.0311. The summed E-state index contributed by atoms with van der Waals surface area (Å²) in [6.07, 6.45) is 0. The molecule has 78 valence electrons. The maximum atomic E-state index is 13.1. The Kier molecular flexibility index (Phi) is 2.64. The lowest BCUT2D eigenvalue weighted by atomic mass is 10.2. The number of ether oxygens (including phenoxy) is 1. The molecule has 4 heteroatoms. The summed E-state index contributed by atoms with van der Waals surface area (Å²) < 4.78 is 31.2. The number of hydrogen-bond donors (Lipinski definition) is 1. The molecule has 0 aliphatic rings. The molecule has 0 aliphatic carbocycles. The predicted octanol–water partition coefficient (Wildman–Crippen LogP) is 2.72. The standard InChI is InChI=1S/C10H13F2NO/c1-10(2,3)14-9-5-8(13)6(11)4-7(9)12/h4-5H,13H2,1-3H3. The summed E-state index contributed by atoms with van der Waals surface area (Å²) in [6, 6.07) is 1.87. The molecular weight excluding hydrogens is 188 g/mol. The molecular formula is C10H13F2NO. The van der Waals surface area contributed by atoms with Gasteiger partial charge in [0.1, 0.15) is 11.4 Å². The lowest BCUT2D eigenvalue weighted by Crippen LogP contribution is -2.23. The van der Waals surface area contributed by atoms with E-state index in [2.05, 4.69) is 0 Å². The van der Waals surface area contributed by atoms with E-state index in [0.717, 1.165) is 12.1 Å². The molecule has 1 aromatic rings. The van der Waals surface area contributed by atoms with Gasteiger partial charge in [0.25, 0.3) is 0 Å². The van der Waals surface area contributed by atoms with Gasteiger partial charge in [0.15, 0.2) is 11.6 Å². The van der Waals surface area contributed by atoms with Crippen LogP contribution in [0.1, 0.15) is 20.8 Å². The van der Waals surface area contributed by atoms with Crippen molar-refractivity contribution in [2.75, 3.05) is 5.73 Å². The Morgan fingerprint density at radius 2 is 1.71 bits per heavy atom. The first-order chi connectivity index (χ1) is 6.29. The Bertz CT molecular complexity index is 345. The topological polar surface area (TPSA) is 35.2 Å². The summed E-state index contributed by atoms with van der Waals surface area (Å²) in [5, 5.41) is 0. The maximum absolute atomic E-state index is 13.1. The minimum Gasteiger partial charge on any atom is -0.485 e. The molecule has 0 saturated heterocycles. The molecule has 0 bridgehead atoms. The monoisotopic (exact) mass is 201 g/mol. The van der Waals surface area contributed by atoms with Gasteiger partial charge in [0.05, 0.1) is 5.69 Å². The highest BCUT2D eigenvalue weighted by molar-refractivity contribution is 5.46. The van der Waals surface area contributed by atoms with Crippen molar-refractivity contribution in [1.82, 2.24) is 0 Å². The lowest BCUT2D eigenvalue weighted by molar-refractivity contribution is 0.124. The Morgan fingerprint density at radius 3 is 2.21 bits per heavy atom. The van der Waals surface area contributed by atoms with E-state index in [1.54, 1.807) is 20.8 Å². The van der Waals surface area contributed by atoms with Gasteiger partial charge in [-0.2, -0.15) is 0 Å². The third-order valence-electron chi connectivity index (χ3n) is 1.47. The normalized spacial score (nSPS) is 11.5. The summed E-state index contributed by atoms with van der Waals surface area (Å²) in [7, 11) is 0. The van der Waals surface area contributed by atoms with E-state index in [-0.39, 0.29) is 11.4 Å². The minimum atomic E-state index is -0.774. The van der Waals surface area contributed by atoms with E-state index >= 15 is 0 Å². The van der Waals surface area contributed by atoms with Crippen molar-refractivity contribution >= 4 is 5.69 Å². The molecule has 0 radical (unpaired) electrons. The molecule has 2 N–H and O–H groups in total. The van der Waals surface area contributed by atoms with Crippen LogP contribution in [-0.4, -0.2) is 5.60 Å². The molecule has 0 saturated carbocycles. The summed E-state index contributed by atoms with van der Waals surface area (Å²) in [5.41, 5.74) is 4.63. The largest absolute Gasteiger partial charge is 0.485 e. The molecule has 1 aromatic carbocycles. The highest BCUT2D eigenvalue weighted by Gasteiger charge is 2.16. The van der Waals surface area contributed by atoms with E-state index < -0.39 is 17.2 Å². The predicted molar refractivity (Wildman–Crippen MR) is 51.2 cm³/mol. The first-order valence-electron chi connectivity index (χ1n) is 4.23. The quantitative estimate of drug-likeness (QED) is 0.709. The molecule has 0 spiro atoms. The Hall–Kier alpha value is -1.32. The molecule has 0 aromatic heterocycles. The van der Waals surface area contributed by atoms with Gasteiger partial charge in [-0.15, -0.1) is 0 Å². The van der Waals surface area contributed by atoms with Crippen LogP contribution in [-0.2, 0) is 0 Å². The summed E-state index contributed by atoms with van der Waals surface area (Å²) in [6.45, 7) is 5.31. The van der Waals surface area contributed by atoms with Crippen LogP contribution >= 0.6 is 0 Å². The molecule has 0 amide bonds. The summed E-state index contributed by atoms with van der Waals surface area (Å²) in [4.78, 5) is 0. The van der Waals surface area contributed by atoms with Gasteiger partial charge in [-0.25, -0.2) is 8.78 Å². The molecule has 0 fully saturated rings. The first-order valence-corrected chi connectivity index (χ1v) is 4.23. The Morgan fingerprint density at radius 1 is 1.14 bits per heavy atom. The third-order valence-corrected chi connectivity index (χ3v) is 1.47. The lowest BCUT2D eigenvalue weighted by Gasteiger charge is -2.21. The van der Waals surface area contributed by atoms with E-state index in [4.69, 9.17) is 10.5 Å². The van der Waals surface area contributed by atoms with Gasteiger partial charge in [0, 0.05) is 12.1 Å². The second kappa shape index (κ2) is 3.44. The molecule has 1 rings (SSSR count). The highest BCUT2D eigenvalue weighted by atomic mass is 19.1. The highest BCUT2D eigenvalue weighted by Crippen LogP contribution is 2.26. The van der Waals surface area contributed by atoms with E-state index in [0.29, 0.717) is 0 Å². The third kappa shape index (κ3) is 2.58. The van der Waals surface area contributed by atoms with Gasteiger partial charge in [0.2, 0.25) is 0 Å². The Balaban J connectivity index is 3.04. The fourth-order valence-corrected chi connectivity index (χ4v) is 0.953. The van der Waals surface area contributed by atoms with Crippen LogP contribution in [0.25, 0.3) is 0 Å². The molecule has 14 heavy (non-hydrogen) atoms. The van der Waals surface area contributed by atoms with Crippen molar-refractivity contribution in [3.05, 3.63) is 23.8 Å². The van der Waals surface area contributed by atoms with Crippen LogP contribution in [0.3, 0.4) is 0 Å². The molecule has 2 nitrogen and oxygen atoms in total. The second-order valence-corrected chi connectivity index (χ2v) is 4.02. The van der Waals surface area contributed by atoms with E-state index in [1.807, 2.05) is 0 Å². The number of nitrogens with two attached hydrogens (primary N) is 1. The zero-order valence-corrected chi connectivity index (χ0v) is 8.40. The van der Waals surface area contributed by atoms with Gasteiger partial charge in [-0.3, -0.25) is 0 Å². The average Bonchev–Trinajstić information content (AvgIpc) is 1.97. The van der Waals surface area contributed by atoms with Crippen LogP contribution in [0.4, 0.5) is 14.5 Å². The molecule has 0 aliphatic heterocycles. The summed E-state index contributed by atoms with van der Waals surface area (Å²) >= 11 is 0. The number of hydrogen-bond acceptors (Lipinski definition) is 2. The van der Waals surface area contributed by atoms with Crippen LogP contribution in [0.15, 0.2) is 12.1 Å². The zero-order valence-electron chi connectivity index (χ0n) is 8.40. The van der Waals surface area contributed by atoms with Crippen molar-refractivity contribution in [3.63, 3.8) is 0 Å². The summed E-state index contributed by atoms with van der Waals surface area (Å²) in [5.74, 6) is -1.55. The van der Waals surface area contributed by atoms with Crippen molar-refractivity contribution < 1.29 is 13.5 Å². The number of nitrogen functional groups attached to an aromatic ring is 1. The number of anilines is 1. The fraction of sp³-hybridized carbons (Fsp3) is 0.400. The van der Waals surface area contributed by atoms with Gasteiger partial charge < -0.3 is 10.5 Å². The van der Waals surface area contributed by atoms with Crippen LogP contribution in [0, 0.1) is 11.6 Å². The van der Waals surface area contributed by atoms with Crippen LogP contribution in [0.5, 0.6) is 5.75 Å². The number of rotatable bonds is 1. The van der Waals surface area contributed by atoms with Crippen molar-refractivity contribution in [2.24, 2.45) is 0 Å². The number of halogens is 2. The molecule has 0 heterocycles. The SMILES string of the molecule is CC(C)(C)Oc1cc(N)c(F)cc1F. The molecule has 0 atom stereocenters. The number of benzene rings is 1. The van der Waals surface area contributed by atoms with Gasteiger partial charge in [-0.1, -0.05) is 0 Å². The van der Waals surface area contributed by atoms with Crippen LogP contribution in [0.2, 0.25) is 0 Å².